The summed E-state index contributed by atoms with van der Waals surface area (Å²) in [6.45, 7) is -1.55. The monoisotopic (exact) mass is 463 g/mol. The minimum absolute atomic E-state index is 0.0588. The Balaban J connectivity index is 1.67. The van der Waals surface area contributed by atoms with Gasteiger partial charge in [0.15, 0.2) is 5.13 Å². The lowest BCUT2D eigenvalue weighted by atomic mass is 10.3. The van der Waals surface area contributed by atoms with E-state index in [0.717, 1.165) is 0 Å². The highest BCUT2D eigenvalue weighted by Crippen LogP contribution is 2.30. The van der Waals surface area contributed by atoms with E-state index in [4.69, 9.17) is 11.6 Å². The van der Waals surface area contributed by atoms with Crippen LogP contribution in [0, 0.1) is 0 Å². The Morgan fingerprint density at radius 3 is 2.61 bits per heavy atom. The van der Waals surface area contributed by atoms with Crippen molar-refractivity contribution in [2.24, 2.45) is 0 Å². The van der Waals surface area contributed by atoms with E-state index in [-0.39, 0.29) is 16.7 Å². The molecule has 0 aliphatic rings. The summed E-state index contributed by atoms with van der Waals surface area (Å²) in [5, 5.41) is 4.69. The van der Waals surface area contributed by atoms with Gasteiger partial charge in [-0.3, -0.25) is 14.5 Å². The summed E-state index contributed by atoms with van der Waals surface area (Å²) >= 11 is 7.13. The van der Waals surface area contributed by atoms with Gasteiger partial charge in [-0.1, -0.05) is 29.8 Å². The zero-order valence-electron chi connectivity index (χ0n) is 16.1. The van der Waals surface area contributed by atoms with Gasteiger partial charge in [0.1, 0.15) is 5.75 Å². The summed E-state index contributed by atoms with van der Waals surface area (Å²) in [5.74, 6) is -0.849. The van der Waals surface area contributed by atoms with E-state index >= 15 is 0 Å². The molecule has 0 aliphatic carbocycles. The number of carbonyl (C=O) groups is 2. The molecule has 3 rings (SSSR count). The molecule has 31 heavy (non-hydrogen) atoms. The molecule has 0 fully saturated rings. The molecule has 0 unspecified atom stereocenters. The van der Waals surface area contributed by atoms with Crippen molar-refractivity contribution in [3.8, 4) is 5.75 Å². The molecule has 1 aromatic heterocycles. The number of rotatable bonds is 7. The highest BCUT2D eigenvalue weighted by molar-refractivity contribution is 7.14. The van der Waals surface area contributed by atoms with Gasteiger partial charge in [0, 0.05) is 24.1 Å². The van der Waals surface area contributed by atoms with E-state index in [9.17, 15) is 18.4 Å². The first-order chi connectivity index (χ1) is 14.8. The predicted molar refractivity (Wildman–Crippen MR) is 117 cm³/mol. The van der Waals surface area contributed by atoms with Gasteiger partial charge in [-0.25, -0.2) is 4.98 Å². The SMILES string of the molecule is CC(=O)N(c1ccccc1)c1nc(/C=C/C(=O)Nc2ccc(OC(F)F)c(Cl)c2)cs1. The minimum Gasteiger partial charge on any atom is -0.433 e. The van der Waals surface area contributed by atoms with Crippen LogP contribution in [0.25, 0.3) is 6.08 Å². The maximum atomic E-state index is 12.3. The third-order valence-corrected chi connectivity index (χ3v) is 4.99. The fraction of sp³-hybridized carbons (Fsp3) is 0.0952. The normalized spacial score (nSPS) is 11.0. The Labute approximate surface area is 185 Å². The molecular weight excluding hydrogens is 448 g/mol. The van der Waals surface area contributed by atoms with E-state index in [1.54, 1.807) is 17.5 Å². The minimum atomic E-state index is -3.00. The average Bonchev–Trinajstić information content (AvgIpc) is 3.17. The second kappa shape index (κ2) is 10.1. The van der Waals surface area contributed by atoms with Gasteiger partial charge in [-0.05, 0) is 36.4 Å². The number of para-hydroxylation sites is 1. The van der Waals surface area contributed by atoms with Crippen LogP contribution in [-0.2, 0) is 9.59 Å². The third kappa shape index (κ3) is 6.09. The van der Waals surface area contributed by atoms with Crippen LogP contribution in [0.1, 0.15) is 12.6 Å². The molecule has 2 amide bonds. The summed E-state index contributed by atoms with van der Waals surface area (Å²) in [5.41, 5.74) is 1.50. The Bertz CT molecular complexity index is 1110. The summed E-state index contributed by atoms with van der Waals surface area (Å²) in [6, 6.07) is 13.0. The van der Waals surface area contributed by atoms with Crippen molar-refractivity contribution in [1.29, 1.82) is 0 Å². The van der Waals surface area contributed by atoms with E-state index in [2.05, 4.69) is 15.0 Å². The maximum Gasteiger partial charge on any atom is 0.387 e. The van der Waals surface area contributed by atoms with E-state index in [1.165, 1.54) is 53.5 Å². The zero-order chi connectivity index (χ0) is 22.4. The summed E-state index contributed by atoms with van der Waals surface area (Å²) in [6.07, 6.45) is 2.76. The molecule has 0 spiro atoms. The van der Waals surface area contributed by atoms with Gasteiger partial charge in [0.05, 0.1) is 16.4 Å². The standard InChI is InChI=1S/C21H16ClF2N3O3S/c1-13(28)27(16-5-3-2-4-6-16)21-26-15(12-31-21)8-10-19(29)25-14-7-9-18(17(22)11-14)30-20(23)24/h2-12,20H,1H3,(H,25,29)/b10-8+. The fourth-order valence-electron chi connectivity index (χ4n) is 2.57. The molecule has 1 heterocycles. The van der Waals surface area contributed by atoms with Gasteiger partial charge in [0.2, 0.25) is 11.8 Å². The number of hydrogen-bond acceptors (Lipinski definition) is 5. The molecule has 0 aliphatic heterocycles. The Morgan fingerprint density at radius 1 is 1.23 bits per heavy atom. The lowest BCUT2D eigenvalue weighted by molar-refractivity contribution is -0.116. The van der Waals surface area contributed by atoms with Crippen LogP contribution in [0.3, 0.4) is 0 Å². The highest BCUT2D eigenvalue weighted by Gasteiger charge is 2.17. The Hall–Kier alpha value is -3.30. The van der Waals surface area contributed by atoms with Crippen LogP contribution >= 0.6 is 22.9 Å². The van der Waals surface area contributed by atoms with Gasteiger partial charge in [-0.2, -0.15) is 8.78 Å². The lowest BCUT2D eigenvalue weighted by Crippen LogP contribution is -2.22. The van der Waals surface area contributed by atoms with Gasteiger partial charge in [-0.15, -0.1) is 11.3 Å². The zero-order valence-corrected chi connectivity index (χ0v) is 17.7. The smallest absolute Gasteiger partial charge is 0.387 e. The molecule has 160 valence electrons. The van der Waals surface area contributed by atoms with Gasteiger partial charge < -0.3 is 10.1 Å². The molecule has 0 bridgehead atoms. The second-order valence-corrected chi connectivity index (χ2v) is 7.33. The van der Waals surface area contributed by atoms with Crippen molar-refractivity contribution in [3.05, 3.63) is 70.7 Å². The van der Waals surface area contributed by atoms with Crippen molar-refractivity contribution in [2.45, 2.75) is 13.5 Å². The highest BCUT2D eigenvalue weighted by atomic mass is 35.5. The molecule has 2 aromatic carbocycles. The van der Waals surface area contributed by atoms with Crippen molar-refractivity contribution in [3.63, 3.8) is 0 Å². The van der Waals surface area contributed by atoms with Crippen molar-refractivity contribution in [2.75, 3.05) is 10.2 Å². The number of nitrogens with zero attached hydrogens (tertiary/aromatic N) is 2. The molecule has 3 aromatic rings. The number of amides is 2. The number of carbonyl (C=O) groups excluding carboxylic acids is 2. The van der Waals surface area contributed by atoms with Crippen LogP contribution in [0.2, 0.25) is 5.02 Å². The summed E-state index contributed by atoms with van der Waals surface area (Å²) in [7, 11) is 0. The average molecular weight is 464 g/mol. The Morgan fingerprint density at radius 2 is 1.97 bits per heavy atom. The molecule has 0 saturated carbocycles. The fourth-order valence-corrected chi connectivity index (χ4v) is 3.65. The number of thiazole rings is 1. The molecule has 6 nitrogen and oxygen atoms in total. The molecule has 0 radical (unpaired) electrons. The summed E-state index contributed by atoms with van der Waals surface area (Å²) in [4.78, 5) is 30.1. The maximum absolute atomic E-state index is 12.3. The van der Waals surface area contributed by atoms with Crippen molar-refractivity contribution >= 4 is 57.3 Å². The molecule has 10 heteroatoms. The van der Waals surface area contributed by atoms with E-state index in [1.807, 2.05) is 18.2 Å². The molecular formula is C21H16ClF2N3O3S. The van der Waals surface area contributed by atoms with Crippen molar-refractivity contribution in [1.82, 2.24) is 4.98 Å². The second-order valence-electron chi connectivity index (χ2n) is 6.09. The van der Waals surface area contributed by atoms with Crippen molar-refractivity contribution < 1.29 is 23.1 Å². The van der Waals surface area contributed by atoms with E-state index in [0.29, 0.717) is 22.2 Å². The number of anilines is 3. The molecule has 1 N–H and O–H groups in total. The first-order valence-corrected chi connectivity index (χ1v) is 10.1. The van der Waals surface area contributed by atoms with E-state index < -0.39 is 12.5 Å². The lowest BCUT2D eigenvalue weighted by Gasteiger charge is -2.17. The quantitative estimate of drug-likeness (QED) is 0.454. The van der Waals surface area contributed by atoms with Crippen LogP contribution < -0.4 is 15.0 Å². The first kappa shape index (κ1) is 22.4. The van der Waals surface area contributed by atoms with Gasteiger partial charge in [0.25, 0.3) is 0 Å². The Kier molecular flexibility index (Phi) is 7.32. The van der Waals surface area contributed by atoms with Crippen LogP contribution in [-0.4, -0.2) is 23.4 Å². The van der Waals surface area contributed by atoms with Crippen LogP contribution in [0.5, 0.6) is 5.75 Å². The number of aromatic nitrogens is 1. The number of benzene rings is 2. The summed E-state index contributed by atoms with van der Waals surface area (Å²) < 4.78 is 28.8. The predicted octanol–water partition coefficient (Wildman–Crippen LogP) is 5.73. The first-order valence-electron chi connectivity index (χ1n) is 8.88. The van der Waals surface area contributed by atoms with Gasteiger partial charge >= 0.3 is 6.61 Å². The third-order valence-electron chi connectivity index (χ3n) is 3.85. The molecule has 0 saturated heterocycles. The topological polar surface area (TPSA) is 71.5 Å². The number of halogens is 3. The number of hydrogen-bond donors (Lipinski definition) is 1. The number of alkyl halides is 2. The van der Waals surface area contributed by atoms with Crippen LogP contribution in [0.15, 0.2) is 60.0 Å². The van der Waals surface area contributed by atoms with Crippen LogP contribution in [0.4, 0.5) is 25.3 Å². The molecule has 0 atom stereocenters. The largest absolute Gasteiger partial charge is 0.433 e. The number of ether oxygens (including phenoxy) is 1. The number of nitrogens with one attached hydrogen (secondary N) is 1.